The minimum atomic E-state index is -0.509. The van der Waals surface area contributed by atoms with Gasteiger partial charge >= 0.3 is 0 Å². The van der Waals surface area contributed by atoms with Crippen molar-refractivity contribution in [2.75, 3.05) is 0 Å². The van der Waals surface area contributed by atoms with Crippen LogP contribution in [0.3, 0.4) is 0 Å². The zero-order valence-corrected chi connectivity index (χ0v) is 8.87. The molecule has 0 aliphatic rings. The van der Waals surface area contributed by atoms with Crippen LogP contribution in [0.5, 0.6) is 0 Å². The van der Waals surface area contributed by atoms with Crippen molar-refractivity contribution in [1.82, 2.24) is 23.9 Å². The van der Waals surface area contributed by atoms with Gasteiger partial charge in [0.05, 0.1) is 19.0 Å². The van der Waals surface area contributed by atoms with Gasteiger partial charge in [0.2, 0.25) is 5.78 Å². The van der Waals surface area contributed by atoms with Gasteiger partial charge in [-0.05, 0) is 0 Å². The highest BCUT2D eigenvalue weighted by molar-refractivity contribution is 5.72. The predicted molar refractivity (Wildman–Crippen MR) is 61.3 cm³/mol. The molecule has 0 fully saturated rings. The first-order valence-electron chi connectivity index (χ1n) is 5.08. The van der Waals surface area contributed by atoms with Crippen LogP contribution in [-0.2, 0) is 6.54 Å². The molecule has 0 aliphatic heterocycles. The quantitative estimate of drug-likeness (QED) is 0.471. The second-order valence-corrected chi connectivity index (χ2v) is 3.81. The number of hydrogen-bond donors (Lipinski definition) is 3. The number of rotatable bonds is 2. The summed E-state index contributed by atoms with van der Waals surface area (Å²) in [5.74, 6) is 0.467. The number of fused-ring (bicyclic) bond motifs is 3. The Hall–Kier alpha value is -2.19. The second-order valence-electron chi connectivity index (χ2n) is 3.81. The van der Waals surface area contributed by atoms with Gasteiger partial charge in [-0.2, -0.15) is 0 Å². The van der Waals surface area contributed by atoms with Crippen molar-refractivity contribution < 1.29 is 0 Å². The first kappa shape index (κ1) is 10.00. The summed E-state index contributed by atoms with van der Waals surface area (Å²) in [6.45, 7) is 0.382. The Kier molecular flexibility index (Phi) is 2.00. The third kappa shape index (κ3) is 1.42. The van der Waals surface area contributed by atoms with Crippen molar-refractivity contribution in [3.05, 3.63) is 29.1 Å². The Morgan fingerprint density at radius 1 is 1.41 bits per heavy atom. The predicted octanol–water partition coefficient (Wildman–Crippen LogP) is -1.38. The zero-order chi connectivity index (χ0) is 12.0. The van der Waals surface area contributed by atoms with Crippen molar-refractivity contribution in [2.24, 2.45) is 11.5 Å². The maximum absolute atomic E-state index is 11.7. The number of hydrogen-bond acceptors (Lipinski definition) is 5. The van der Waals surface area contributed by atoms with Gasteiger partial charge in [0.25, 0.3) is 5.56 Å². The first-order valence-corrected chi connectivity index (χ1v) is 5.08. The van der Waals surface area contributed by atoms with E-state index in [2.05, 4.69) is 15.0 Å². The Morgan fingerprint density at radius 2 is 2.24 bits per heavy atom. The Balaban J connectivity index is 2.42. The fourth-order valence-corrected chi connectivity index (χ4v) is 1.88. The van der Waals surface area contributed by atoms with E-state index >= 15 is 0 Å². The van der Waals surface area contributed by atoms with Crippen LogP contribution in [0.2, 0.25) is 0 Å². The van der Waals surface area contributed by atoms with Crippen molar-refractivity contribution in [2.45, 2.75) is 12.7 Å². The Labute approximate surface area is 94.9 Å². The highest BCUT2D eigenvalue weighted by atomic mass is 16.1. The average Bonchev–Trinajstić information content (AvgIpc) is 2.83. The molecule has 0 atom stereocenters. The molecule has 0 saturated heterocycles. The van der Waals surface area contributed by atoms with E-state index in [4.69, 9.17) is 11.5 Å². The number of aromatic nitrogens is 5. The number of imidazole rings is 2. The summed E-state index contributed by atoms with van der Waals surface area (Å²) in [6, 6.07) is 0. The molecule has 0 spiro atoms. The number of nitrogens with two attached hydrogens (primary N) is 2. The molecule has 88 valence electrons. The van der Waals surface area contributed by atoms with E-state index in [0.717, 1.165) is 0 Å². The molecule has 0 saturated carbocycles. The van der Waals surface area contributed by atoms with Gasteiger partial charge in [-0.15, -0.1) is 0 Å². The summed E-state index contributed by atoms with van der Waals surface area (Å²) >= 11 is 0. The lowest BCUT2D eigenvalue weighted by molar-refractivity contribution is 0.576. The third-order valence-electron chi connectivity index (χ3n) is 2.53. The Morgan fingerprint density at radius 3 is 3.00 bits per heavy atom. The largest absolute Gasteiger partial charge is 0.315 e. The lowest BCUT2D eigenvalue weighted by atomic mass is 10.5. The molecule has 3 heterocycles. The molecule has 0 aromatic carbocycles. The average molecular weight is 233 g/mol. The molecule has 3 aromatic heterocycles. The summed E-state index contributed by atoms with van der Waals surface area (Å²) in [4.78, 5) is 22.5. The van der Waals surface area contributed by atoms with Crippen molar-refractivity contribution in [3.8, 4) is 0 Å². The van der Waals surface area contributed by atoms with Crippen LogP contribution in [0.4, 0.5) is 0 Å². The van der Waals surface area contributed by atoms with E-state index in [1.807, 2.05) is 0 Å². The summed E-state index contributed by atoms with van der Waals surface area (Å²) in [6.07, 6.45) is 4.38. The minimum absolute atomic E-state index is 0.275. The van der Waals surface area contributed by atoms with Gasteiger partial charge in [0, 0.05) is 12.4 Å². The molecule has 17 heavy (non-hydrogen) atoms. The minimum Gasteiger partial charge on any atom is -0.315 e. The van der Waals surface area contributed by atoms with Crippen LogP contribution in [-0.4, -0.2) is 30.1 Å². The van der Waals surface area contributed by atoms with E-state index in [0.29, 0.717) is 23.5 Å². The summed E-state index contributed by atoms with van der Waals surface area (Å²) in [5, 5.41) is 0. The van der Waals surface area contributed by atoms with Crippen LogP contribution in [0.25, 0.3) is 16.9 Å². The molecule has 0 amide bonds. The summed E-state index contributed by atoms with van der Waals surface area (Å²) in [5.41, 5.74) is 11.8. The van der Waals surface area contributed by atoms with Crippen LogP contribution >= 0.6 is 0 Å². The maximum Gasteiger partial charge on any atom is 0.280 e. The fourth-order valence-electron chi connectivity index (χ4n) is 1.88. The van der Waals surface area contributed by atoms with Gasteiger partial charge in [-0.25, -0.2) is 9.97 Å². The van der Waals surface area contributed by atoms with Gasteiger partial charge in [-0.3, -0.25) is 14.2 Å². The first-order chi connectivity index (χ1) is 8.16. The highest BCUT2D eigenvalue weighted by Gasteiger charge is 2.12. The fraction of sp³-hybridized carbons (Fsp3) is 0.222. The summed E-state index contributed by atoms with van der Waals surface area (Å²) < 4.78 is 3.48. The van der Waals surface area contributed by atoms with Crippen molar-refractivity contribution >= 4 is 16.9 Å². The molecule has 3 rings (SSSR count). The van der Waals surface area contributed by atoms with E-state index in [1.54, 1.807) is 27.7 Å². The van der Waals surface area contributed by atoms with Crippen LogP contribution in [0.1, 0.15) is 0 Å². The molecule has 8 nitrogen and oxygen atoms in total. The Bertz CT molecular complexity index is 735. The molecule has 0 aliphatic carbocycles. The standard InChI is InChI=1S/C9H11N7O/c10-5(11)3-15-4-13-6-7(17)14-9-12-1-2-16(9)8(6)15/h1-2,4-5H,3,10-11H2,(H,12,14,17). The van der Waals surface area contributed by atoms with E-state index in [9.17, 15) is 4.79 Å². The van der Waals surface area contributed by atoms with E-state index < -0.39 is 6.17 Å². The number of aromatic amines is 1. The van der Waals surface area contributed by atoms with E-state index in [-0.39, 0.29) is 5.56 Å². The normalized spacial score (nSPS) is 11.9. The molecular formula is C9H11N7O. The second kappa shape index (κ2) is 3.40. The number of nitrogens with one attached hydrogen (secondary N) is 1. The maximum atomic E-state index is 11.7. The summed E-state index contributed by atoms with van der Waals surface area (Å²) in [7, 11) is 0. The molecular weight excluding hydrogens is 222 g/mol. The highest BCUT2D eigenvalue weighted by Crippen LogP contribution is 2.09. The lowest BCUT2D eigenvalue weighted by Gasteiger charge is -2.08. The number of nitrogens with zero attached hydrogens (tertiary/aromatic N) is 4. The molecule has 0 radical (unpaired) electrons. The number of H-pyrrole nitrogens is 1. The van der Waals surface area contributed by atoms with Gasteiger partial charge in [0.1, 0.15) is 0 Å². The lowest BCUT2D eigenvalue weighted by Crippen LogP contribution is -2.35. The van der Waals surface area contributed by atoms with Gasteiger partial charge < -0.3 is 16.0 Å². The molecule has 8 heteroatoms. The topological polar surface area (TPSA) is 120 Å². The van der Waals surface area contributed by atoms with Crippen LogP contribution < -0.4 is 17.0 Å². The van der Waals surface area contributed by atoms with Gasteiger partial charge in [0.15, 0.2) is 11.2 Å². The van der Waals surface area contributed by atoms with E-state index in [1.165, 1.54) is 0 Å². The van der Waals surface area contributed by atoms with Crippen LogP contribution in [0.15, 0.2) is 23.5 Å². The third-order valence-corrected chi connectivity index (χ3v) is 2.53. The molecule has 0 unspecified atom stereocenters. The molecule has 5 N–H and O–H groups in total. The van der Waals surface area contributed by atoms with Crippen molar-refractivity contribution in [3.63, 3.8) is 0 Å². The van der Waals surface area contributed by atoms with Gasteiger partial charge in [-0.1, -0.05) is 0 Å². The SMILES string of the molecule is NC(N)Cn1cnc2c(=O)[nH]c3nccn3c21. The monoisotopic (exact) mass is 233 g/mol. The molecule has 3 aromatic rings. The zero-order valence-electron chi connectivity index (χ0n) is 8.87. The van der Waals surface area contributed by atoms with Crippen LogP contribution in [0, 0.1) is 0 Å². The van der Waals surface area contributed by atoms with Crippen molar-refractivity contribution in [1.29, 1.82) is 0 Å². The smallest absolute Gasteiger partial charge is 0.280 e. The molecule has 0 bridgehead atoms.